The fraction of sp³-hybridized carbons (Fsp3) is 0.613. The molecule has 264 valence electrons. The number of carbonyl (C=O) groups excluding carboxylic acids is 5. The molecule has 16 heteroatoms. The molecular formula is C31H53N9O7. The van der Waals surface area contributed by atoms with Gasteiger partial charge in [-0.15, -0.1) is 0 Å². The van der Waals surface area contributed by atoms with Gasteiger partial charge in [-0.25, -0.2) is 0 Å². The Morgan fingerprint density at radius 2 is 1.47 bits per heavy atom. The van der Waals surface area contributed by atoms with Crippen LogP contribution in [0, 0.1) is 5.92 Å². The molecule has 0 aliphatic carbocycles. The Labute approximate surface area is 275 Å². The average Bonchev–Trinajstić information content (AvgIpc) is 3.00. The number of aliphatic hydroxyl groups is 1. The summed E-state index contributed by atoms with van der Waals surface area (Å²) in [6, 6.07) is 0.599. The van der Waals surface area contributed by atoms with Gasteiger partial charge in [-0.05, 0) is 82.0 Å². The van der Waals surface area contributed by atoms with E-state index in [2.05, 4.69) is 26.3 Å². The lowest BCUT2D eigenvalue weighted by molar-refractivity contribution is -0.136. The molecule has 1 aromatic rings. The molecule has 0 saturated carbocycles. The van der Waals surface area contributed by atoms with Crippen LogP contribution in [0.5, 0.6) is 5.75 Å². The number of aldehydes is 1. The molecule has 0 aliphatic heterocycles. The van der Waals surface area contributed by atoms with E-state index in [1.807, 2.05) is 13.8 Å². The summed E-state index contributed by atoms with van der Waals surface area (Å²) in [5.74, 6) is -2.82. The highest BCUT2D eigenvalue weighted by Gasteiger charge is 2.33. The summed E-state index contributed by atoms with van der Waals surface area (Å²) in [4.78, 5) is 68.4. The van der Waals surface area contributed by atoms with Crippen LogP contribution in [0.1, 0.15) is 64.9 Å². The van der Waals surface area contributed by atoms with Gasteiger partial charge in [0.2, 0.25) is 23.6 Å². The molecule has 0 heterocycles. The lowest BCUT2D eigenvalue weighted by Crippen LogP contribution is -2.60. The fourth-order valence-corrected chi connectivity index (χ4v) is 4.62. The van der Waals surface area contributed by atoms with Crippen LogP contribution in [0.25, 0.3) is 0 Å². The molecule has 6 atom stereocenters. The van der Waals surface area contributed by atoms with E-state index in [1.165, 1.54) is 19.1 Å². The van der Waals surface area contributed by atoms with Gasteiger partial charge in [-0.1, -0.05) is 26.0 Å². The van der Waals surface area contributed by atoms with E-state index in [9.17, 15) is 34.2 Å². The molecule has 0 aliphatic rings. The van der Waals surface area contributed by atoms with Crippen molar-refractivity contribution in [2.75, 3.05) is 13.1 Å². The van der Waals surface area contributed by atoms with Crippen LogP contribution in [0.2, 0.25) is 0 Å². The number of aliphatic hydroxyl groups excluding tert-OH is 1. The van der Waals surface area contributed by atoms with Crippen LogP contribution < -0.4 is 44.2 Å². The zero-order chi connectivity index (χ0) is 35.5. The summed E-state index contributed by atoms with van der Waals surface area (Å²) in [5, 5.41) is 30.2. The highest BCUT2D eigenvalue weighted by atomic mass is 16.3. The van der Waals surface area contributed by atoms with Crippen LogP contribution in [0.15, 0.2) is 29.3 Å². The van der Waals surface area contributed by atoms with Gasteiger partial charge in [0.25, 0.3) is 0 Å². The van der Waals surface area contributed by atoms with Gasteiger partial charge in [0.15, 0.2) is 5.96 Å². The first-order chi connectivity index (χ1) is 22.2. The van der Waals surface area contributed by atoms with E-state index in [0.29, 0.717) is 37.7 Å². The Hall–Kier alpha value is -4.28. The second-order valence-electron chi connectivity index (χ2n) is 11.9. The summed E-state index contributed by atoms with van der Waals surface area (Å²) in [6.45, 7) is 5.66. The van der Waals surface area contributed by atoms with E-state index >= 15 is 0 Å². The van der Waals surface area contributed by atoms with E-state index in [-0.39, 0.29) is 49.9 Å². The van der Waals surface area contributed by atoms with Gasteiger partial charge in [0.05, 0.1) is 18.2 Å². The Kier molecular flexibility index (Phi) is 18.6. The van der Waals surface area contributed by atoms with E-state index < -0.39 is 59.9 Å². The number of rotatable bonds is 22. The molecule has 16 nitrogen and oxygen atoms in total. The van der Waals surface area contributed by atoms with Crippen LogP contribution in [0.3, 0.4) is 0 Å². The van der Waals surface area contributed by atoms with Crippen molar-refractivity contribution in [2.45, 2.75) is 102 Å². The molecule has 0 unspecified atom stereocenters. The Bertz CT molecular complexity index is 1170. The first kappa shape index (κ1) is 40.7. The van der Waals surface area contributed by atoms with Crippen molar-refractivity contribution in [3.63, 3.8) is 0 Å². The molecule has 4 amide bonds. The number of unbranched alkanes of at least 4 members (excludes halogenated alkanes) is 1. The predicted molar refractivity (Wildman–Crippen MR) is 178 cm³/mol. The van der Waals surface area contributed by atoms with E-state index in [4.69, 9.17) is 22.9 Å². The third-order valence-corrected chi connectivity index (χ3v) is 7.17. The Morgan fingerprint density at radius 1 is 0.851 bits per heavy atom. The number of phenols is 1. The first-order valence-electron chi connectivity index (χ1n) is 15.8. The maximum Gasteiger partial charge on any atom is 0.245 e. The quantitative estimate of drug-likeness (QED) is 0.0280. The molecule has 0 spiro atoms. The molecule has 14 N–H and O–H groups in total. The summed E-state index contributed by atoms with van der Waals surface area (Å²) in [5.41, 5.74) is 23.0. The van der Waals surface area contributed by atoms with Gasteiger partial charge in [0.1, 0.15) is 30.2 Å². The summed E-state index contributed by atoms with van der Waals surface area (Å²) >= 11 is 0. The molecule has 1 aromatic carbocycles. The third kappa shape index (κ3) is 16.2. The molecule has 0 radical (unpaired) electrons. The normalized spacial score (nSPS) is 14.9. The van der Waals surface area contributed by atoms with Crippen molar-refractivity contribution >= 4 is 35.9 Å². The first-order valence-corrected chi connectivity index (χ1v) is 15.8. The molecular weight excluding hydrogens is 610 g/mol. The largest absolute Gasteiger partial charge is 0.508 e. The minimum absolute atomic E-state index is 0.0199. The van der Waals surface area contributed by atoms with E-state index in [1.54, 1.807) is 12.1 Å². The van der Waals surface area contributed by atoms with Crippen LogP contribution >= 0.6 is 0 Å². The Balaban J connectivity index is 3.03. The van der Waals surface area contributed by atoms with Gasteiger partial charge in [-0.3, -0.25) is 24.2 Å². The van der Waals surface area contributed by atoms with Crippen molar-refractivity contribution in [1.29, 1.82) is 0 Å². The maximum absolute atomic E-state index is 13.5. The smallest absolute Gasteiger partial charge is 0.245 e. The topological polar surface area (TPSA) is 290 Å². The van der Waals surface area contributed by atoms with Crippen molar-refractivity contribution in [2.24, 2.45) is 33.8 Å². The molecule has 0 fully saturated rings. The molecule has 0 aromatic heterocycles. The van der Waals surface area contributed by atoms with Crippen molar-refractivity contribution < 1.29 is 34.2 Å². The van der Waals surface area contributed by atoms with E-state index in [0.717, 1.165) is 0 Å². The number of nitrogens with zero attached hydrogens (tertiary/aromatic N) is 1. The SMILES string of the molecule is CC(C)C[C@H](NC(=O)[C@H](CCCCN)NC(=O)[C@@H](NC(=O)[C@@H](N)Cc1ccc(O)cc1)[C@@H](C)O)C(=O)N[C@H](C=O)CCCN=C(N)N. The lowest BCUT2D eigenvalue weighted by atomic mass is 10.0. The lowest BCUT2D eigenvalue weighted by Gasteiger charge is -2.28. The maximum atomic E-state index is 13.5. The Morgan fingerprint density at radius 3 is 2.02 bits per heavy atom. The number of carbonyl (C=O) groups is 5. The van der Waals surface area contributed by atoms with Crippen LogP contribution in [-0.4, -0.2) is 95.5 Å². The van der Waals surface area contributed by atoms with Crippen molar-refractivity contribution in [3.05, 3.63) is 29.8 Å². The number of aliphatic imine (C=N–C) groups is 1. The minimum Gasteiger partial charge on any atom is -0.508 e. The fourth-order valence-electron chi connectivity index (χ4n) is 4.62. The zero-order valence-corrected chi connectivity index (χ0v) is 27.5. The standard InChI is InChI=1S/C31H53N9O7/c1-18(2)15-25(29(46)37-21(17-41)7-6-14-36-31(34)35)39-28(45)24(8-4-5-13-32)38-30(47)26(19(3)42)40-27(44)23(33)16-20-9-11-22(43)12-10-20/h9-12,17-19,21,23-26,42-43H,4-8,13-16,32-33H2,1-3H3,(H,37,46)(H,38,47)(H,39,45)(H,40,44)(H4,34,35,36)/t19-,21+,23+,24+,25+,26+/m1/s1. The average molecular weight is 664 g/mol. The summed E-state index contributed by atoms with van der Waals surface area (Å²) < 4.78 is 0. The summed E-state index contributed by atoms with van der Waals surface area (Å²) in [6.07, 6.45) is 1.47. The number of hydrogen-bond acceptors (Lipinski definition) is 10. The second-order valence-corrected chi connectivity index (χ2v) is 11.9. The highest BCUT2D eigenvalue weighted by molar-refractivity contribution is 5.95. The number of benzene rings is 1. The third-order valence-electron chi connectivity index (χ3n) is 7.17. The molecule has 47 heavy (non-hydrogen) atoms. The van der Waals surface area contributed by atoms with Gasteiger partial charge in [0, 0.05) is 6.54 Å². The van der Waals surface area contributed by atoms with Crippen molar-refractivity contribution in [3.8, 4) is 5.75 Å². The predicted octanol–water partition coefficient (Wildman–Crippen LogP) is -1.99. The van der Waals surface area contributed by atoms with Crippen LogP contribution in [0.4, 0.5) is 0 Å². The number of nitrogens with one attached hydrogen (secondary N) is 4. The van der Waals surface area contributed by atoms with Crippen LogP contribution in [-0.2, 0) is 30.4 Å². The highest BCUT2D eigenvalue weighted by Crippen LogP contribution is 2.12. The number of amides is 4. The number of aromatic hydroxyl groups is 1. The second kappa shape index (κ2) is 21.5. The van der Waals surface area contributed by atoms with Gasteiger partial charge < -0.3 is 59.2 Å². The van der Waals surface area contributed by atoms with Gasteiger partial charge in [-0.2, -0.15) is 0 Å². The number of guanidine groups is 1. The summed E-state index contributed by atoms with van der Waals surface area (Å²) in [7, 11) is 0. The molecule has 1 rings (SSSR count). The molecule has 0 bridgehead atoms. The number of nitrogens with two attached hydrogens (primary N) is 4. The van der Waals surface area contributed by atoms with Crippen molar-refractivity contribution in [1.82, 2.24) is 21.3 Å². The van der Waals surface area contributed by atoms with Gasteiger partial charge >= 0.3 is 0 Å². The minimum atomic E-state index is -1.44. The monoisotopic (exact) mass is 663 g/mol. The zero-order valence-electron chi connectivity index (χ0n) is 27.5. The molecule has 0 saturated heterocycles. The number of hydrogen-bond donors (Lipinski definition) is 10. The number of phenolic OH excluding ortho intramolecular Hbond substituents is 1.